The molecule has 0 aliphatic heterocycles. The first-order chi connectivity index (χ1) is 41.0. The Labute approximate surface area is 515 Å². The summed E-state index contributed by atoms with van der Waals surface area (Å²) in [6.45, 7) is 6.55. The van der Waals surface area contributed by atoms with Gasteiger partial charge in [0.25, 0.3) is 0 Å². The molecule has 6 heteroatoms. The smallest absolute Gasteiger partial charge is 0.306 e. The van der Waals surface area contributed by atoms with Crippen molar-refractivity contribution in [2.75, 3.05) is 13.2 Å². The highest BCUT2D eigenvalue weighted by Gasteiger charge is 2.19. The lowest BCUT2D eigenvalue weighted by atomic mass is 10.0. The molecular formula is C77H136O6. The summed E-state index contributed by atoms with van der Waals surface area (Å²) < 4.78 is 17.0. The molecule has 0 aromatic rings. The van der Waals surface area contributed by atoms with Crippen molar-refractivity contribution in [3.63, 3.8) is 0 Å². The Balaban J connectivity index is 4.27. The number of esters is 3. The van der Waals surface area contributed by atoms with Crippen molar-refractivity contribution in [2.24, 2.45) is 0 Å². The van der Waals surface area contributed by atoms with Crippen molar-refractivity contribution in [1.82, 2.24) is 0 Å². The molecule has 0 fully saturated rings. The van der Waals surface area contributed by atoms with Gasteiger partial charge in [-0.1, -0.05) is 318 Å². The van der Waals surface area contributed by atoms with E-state index in [1.165, 1.54) is 231 Å². The number of allylic oxidation sites excluding steroid dienone is 14. The number of hydrogen-bond donors (Lipinski definition) is 0. The third-order valence-electron chi connectivity index (χ3n) is 15.9. The van der Waals surface area contributed by atoms with Gasteiger partial charge in [-0.3, -0.25) is 14.4 Å². The van der Waals surface area contributed by atoms with E-state index in [0.29, 0.717) is 19.3 Å². The highest BCUT2D eigenvalue weighted by molar-refractivity contribution is 5.71. The van der Waals surface area contributed by atoms with Crippen molar-refractivity contribution in [3.8, 4) is 0 Å². The van der Waals surface area contributed by atoms with Gasteiger partial charge in [-0.15, -0.1) is 0 Å². The molecule has 0 amide bonds. The van der Waals surface area contributed by atoms with Crippen LogP contribution < -0.4 is 0 Å². The van der Waals surface area contributed by atoms with Crippen LogP contribution in [-0.4, -0.2) is 37.2 Å². The maximum absolute atomic E-state index is 13.0. The van der Waals surface area contributed by atoms with Crippen LogP contribution in [-0.2, 0) is 28.6 Å². The van der Waals surface area contributed by atoms with Gasteiger partial charge in [-0.2, -0.15) is 0 Å². The lowest BCUT2D eigenvalue weighted by Crippen LogP contribution is -2.30. The molecule has 83 heavy (non-hydrogen) atoms. The summed E-state index contributed by atoms with van der Waals surface area (Å²) in [4.78, 5) is 38.5. The summed E-state index contributed by atoms with van der Waals surface area (Å²) in [7, 11) is 0. The Morgan fingerprint density at radius 2 is 0.470 bits per heavy atom. The van der Waals surface area contributed by atoms with Gasteiger partial charge in [0.1, 0.15) is 13.2 Å². The monoisotopic (exact) mass is 1160 g/mol. The van der Waals surface area contributed by atoms with E-state index in [4.69, 9.17) is 14.2 Å². The van der Waals surface area contributed by atoms with Gasteiger partial charge in [-0.25, -0.2) is 0 Å². The van der Waals surface area contributed by atoms with Crippen LogP contribution in [0.5, 0.6) is 0 Å². The SMILES string of the molecule is CC/C=C\C/C=C\C/C=C\C/C=C\CCCCCCCCCCCCCCCCCCC(=O)OCC(COC(=O)CCCCCCC/C=C\CCCCCCCC)OC(=O)CCCCCCCCCCC/C=C\C/C=C\CCCCCCC. The van der Waals surface area contributed by atoms with Crippen molar-refractivity contribution < 1.29 is 28.6 Å². The van der Waals surface area contributed by atoms with Crippen LogP contribution in [0.15, 0.2) is 85.1 Å². The van der Waals surface area contributed by atoms with E-state index in [-0.39, 0.29) is 31.1 Å². The third kappa shape index (κ3) is 69.3. The zero-order valence-corrected chi connectivity index (χ0v) is 55.2. The Morgan fingerprint density at radius 3 is 0.747 bits per heavy atom. The van der Waals surface area contributed by atoms with Crippen LogP contribution in [0.4, 0.5) is 0 Å². The van der Waals surface area contributed by atoms with E-state index >= 15 is 0 Å². The van der Waals surface area contributed by atoms with Crippen molar-refractivity contribution in [3.05, 3.63) is 85.1 Å². The van der Waals surface area contributed by atoms with E-state index in [1.807, 2.05) is 0 Å². The van der Waals surface area contributed by atoms with Crippen molar-refractivity contribution in [2.45, 2.75) is 374 Å². The minimum absolute atomic E-state index is 0.0774. The fraction of sp³-hybridized carbons (Fsp3) is 0.779. The zero-order valence-electron chi connectivity index (χ0n) is 55.2. The van der Waals surface area contributed by atoms with E-state index in [1.54, 1.807) is 0 Å². The lowest BCUT2D eigenvalue weighted by molar-refractivity contribution is -0.167. The largest absolute Gasteiger partial charge is 0.462 e. The van der Waals surface area contributed by atoms with Crippen molar-refractivity contribution in [1.29, 1.82) is 0 Å². The molecule has 0 N–H and O–H groups in total. The average Bonchev–Trinajstić information content (AvgIpc) is 3.49. The first-order valence-corrected chi connectivity index (χ1v) is 36.1. The Kier molecular flexibility index (Phi) is 68.2. The standard InChI is InChI=1S/C77H136O6/c1-4-7-10-13-16-19-22-25-28-30-32-34-35-36-37-38-39-40-41-43-44-46-49-52-55-58-61-64-67-70-76(79)82-73-74(72-81-75(78)69-66-63-60-57-54-51-48-27-24-21-18-15-12-9-6-3)83-77(80)71-68-65-62-59-56-53-50-47-45-42-33-31-29-26-23-20-17-14-11-8-5-2/h7,10,16,19,23,25-28,31-34,48,74H,4-6,8-9,11-15,17-18,20-22,24,29-30,35-47,49-73H2,1-3H3/b10-7-,19-16-,26-23-,28-25-,33-31-,34-32-,48-27-. The van der Waals surface area contributed by atoms with Crippen LogP contribution in [0.1, 0.15) is 367 Å². The molecule has 1 unspecified atom stereocenters. The molecule has 0 spiro atoms. The summed E-state index contributed by atoms with van der Waals surface area (Å²) in [6, 6.07) is 0. The van der Waals surface area contributed by atoms with Crippen molar-refractivity contribution >= 4 is 17.9 Å². The van der Waals surface area contributed by atoms with E-state index in [9.17, 15) is 14.4 Å². The first kappa shape index (κ1) is 79.6. The fourth-order valence-corrected chi connectivity index (χ4v) is 10.5. The van der Waals surface area contributed by atoms with Gasteiger partial charge in [0.05, 0.1) is 0 Å². The summed E-state index contributed by atoms with van der Waals surface area (Å²) >= 11 is 0. The summed E-state index contributed by atoms with van der Waals surface area (Å²) in [6.07, 6.45) is 94.7. The molecule has 0 aromatic carbocycles. The Hall–Kier alpha value is -3.41. The molecule has 0 saturated heterocycles. The molecule has 480 valence electrons. The molecule has 0 aliphatic rings. The number of hydrogen-bond acceptors (Lipinski definition) is 6. The predicted molar refractivity (Wildman–Crippen MR) is 362 cm³/mol. The molecule has 0 aromatic heterocycles. The number of ether oxygens (including phenoxy) is 3. The normalized spacial score (nSPS) is 12.6. The van der Waals surface area contributed by atoms with E-state index in [2.05, 4.69) is 106 Å². The number of carbonyl (C=O) groups is 3. The second-order valence-corrected chi connectivity index (χ2v) is 24.1. The van der Waals surface area contributed by atoms with Crippen LogP contribution in [0.25, 0.3) is 0 Å². The molecule has 6 nitrogen and oxygen atoms in total. The Morgan fingerprint density at radius 1 is 0.253 bits per heavy atom. The molecule has 0 bridgehead atoms. The number of unbranched alkanes of at least 4 members (excludes halogenated alkanes) is 41. The van der Waals surface area contributed by atoms with Gasteiger partial charge in [-0.05, 0) is 116 Å². The van der Waals surface area contributed by atoms with Gasteiger partial charge < -0.3 is 14.2 Å². The maximum Gasteiger partial charge on any atom is 0.306 e. The Bertz CT molecular complexity index is 1570. The van der Waals surface area contributed by atoms with E-state index in [0.717, 1.165) is 96.3 Å². The van der Waals surface area contributed by atoms with Crippen LogP contribution >= 0.6 is 0 Å². The van der Waals surface area contributed by atoms with Gasteiger partial charge >= 0.3 is 17.9 Å². The fourth-order valence-electron chi connectivity index (χ4n) is 10.5. The molecular weight excluding hydrogens is 1020 g/mol. The number of carbonyl (C=O) groups excluding carboxylic acids is 3. The molecule has 0 rings (SSSR count). The van der Waals surface area contributed by atoms with E-state index < -0.39 is 6.10 Å². The molecule has 0 heterocycles. The van der Waals surface area contributed by atoms with Gasteiger partial charge in [0.15, 0.2) is 6.10 Å². The molecule has 0 radical (unpaired) electrons. The topological polar surface area (TPSA) is 78.9 Å². The molecule has 0 aliphatic carbocycles. The first-order valence-electron chi connectivity index (χ1n) is 36.1. The second kappa shape index (κ2) is 71.1. The lowest BCUT2D eigenvalue weighted by Gasteiger charge is -2.18. The predicted octanol–water partition coefficient (Wildman–Crippen LogP) is 25.0. The van der Waals surface area contributed by atoms with Gasteiger partial charge in [0.2, 0.25) is 0 Å². The van der Waals surface area contributed by atoms with Crippen LogP contribution in [0.2, 0.25) is 0 Å². The minimum Gasteiger partial charge on any atom is -0.462 e. The summed E-state index contributed by atoms with van der Waals surface area (Å²) in [5.41, 5.74) is 0. The third-order valence-corrected chi connectivity index (χ3v) is 15.9. The highest BCUT2D eigenvalue weighted by atomic mass is 16.6. The summed E-state index contributed by atoms with van der Waals surface area (Å²) in [5, 5.41) is 0. The summed E-state index contributed by atoms with van der Waals surface area (Å²) in [5.74, 6) is -0.870. The van der Waals surface area contributed by atoms with Crippen LogP contribution in [0, 0.1) is 0 Å². The van der Waals surface area contributed by atoms with Gasteiger partial charge in [0, 0.05) is 19.3 Å². The zero-order chi connectivity index (χ0) is 59.9. The maximum atomic E-state index is 13.0. The second-order valence-electron chi connectivity index (χ2n) is 24.1. The molecule has 1 atom stereocenters. The number of rotatable bonds is 66. The average molecular weight is 1160 g/mol. The molecule has 0 saturated carbocycles. The van der Waals surface area contributed by atoms with Crippen LogP contribution in [0.3, 0.4) is 0 Å². The quantitative estimate of drug-likeness (QED) is 0.0261. The minimum atomic E-state index is -0.783. The highest BCUT2D eigenvalue weighted by Crippen LogP contribution is 2.17.